The number of nitro groups is 1. The predicted octanol–water partition coefficient (Wildman–Crippen LogP) is 2.94. The first-order valence-electron chi connectivity index (χ1n) is 5.81. The van der Waals surface area contributed by atoms with Crippen molar-refractivity contribution in [3.8, 4) is 0 Å². The number of anilines is 2. The highest BCUT2D eigenvalue weighted by molar-refractivity contribution is 5.99. The number of non-ortho nitro benzene ring substituents is 1. The van der Waals surface area contributed by atoms with E-state index in [0.29, 0.717) is 11.5 Å². The second-order valence-corrected chi connectivity index (χ2v) is 4.05. The minimum absolute atomic E-state index is 0.0312. The summed E-state index contributed by atoms with van der Waals surface area (Å²) in [7, 11) is 0. The minimum Gasteiger partial charge on any atom is -0.308 e. The van der Waals surface area contributed by atoms with Gasteiger partial charge in [-0.1, -0.05) is 6.07 Å². The van der Waals surface area contributed by atoms with Crippen LogP contribution in [0.4, 0.5) is 22.0 Å². The molecule has 0 aliphatic heterocycles. The van der Waals surface area contributed by atoms with Crippen LogP contribution in [0.1, 0.15) is 5.69 Å². The third-order valence-corrected chi connectivity index (χ3v) is 2.47. The largest absolute Gasteiger partial charge is 0.324 e. The summed E-state index contributed by atoms with van der Waals surface area (Å²) in [6.45, 7) is 1.82. The van der Waals surface area contributed by atoms with Crippen molar-refractivity contribution in [1.82, 2.24) is 4.98 Å². The van der Waals surface area contributed by atoms with Gasteiger partial charge in [0.2, 0.25) is 0 Å². The average Bonchev–Trinajstić information content (AvgIpc) is 2.39. The molecule has 0 unspecified atom stereocenters. The molecule has 2 N–H and O–H groups in total. The Kier molecular flexibility index (Phi) is 3.90. The first-order chi connectivity index (χ1) is 9.54. The molecular formula is C13H12N4O3. The molecule has 0 aliphatic rings. The third-order valence-electron chi connectivity index (χ3n) is 2.47. The van der Waals surface area contributed by atoms with Crippen LogP contribution >= 0.6 is 0 Å². The molecule has 7 heteroatoms. The van der Waals surface area contributed by atoms with Crippen LogP contribution in [0.2, 0.25) is 0 Å². The Morgan fingerprint density at radius 2 is 1.85 bits per heavy atom. The topological polar surface area (TPSA) is 97.2 Å². The molecule has 0 saturated carbocycles. The number of nitrogens with one attached hydrogen (secondary N) is 2. The van der Waals surface area contributed by atoms with Gasteiger partial charge in [0.1, 0.15) is 5.82 Å². The Balaban J connectivity index is 1.99. The fourth-order valence-corrected chi connectivity index (χ4v) is 1.56. The van der Waals surface area contributed by atoms with E-state index in [1.807, 2.05) is 13.0 Å². The van der Waals surface area contributed by atoms with Crippen molar-refractivity contribution in [2.75, 3.05) is 10.6 Å². The molecule has 1 aromatic heterocycles. The molecule has 102 valence electrons. The molecule has 2 aromatic rings. The van der Waals surface area contributed by atoms with Gasteiger partial charge in [0.05, 0.1) is 4.92 Å². The molecular weight excluding hydrogens is 260 g/mol. The molecule has 1 heterocycles. The van der Waals surface area contributed by atoms with E-state index in [-0.39, 0.29) is 5.69 Å². The Morgan fingerprint density at radius 1 is 1.15 bits per heavy atom. The monoisotopic (exact) mass is 272 g/mol. The lowest BCUT2D eigenvalue weighted by atomic mass is 10.3. The second-order valence-electron chi connectivity index (χ2n) is 4.05. The summed E-state index contributed by atoms with van der Waals surface area (Å²) < 4.78 is 0. The molecule has 0 atom stereocenters. The van der Waals surface area contributed by atoms with Crippen molar-refractivity contribution in [1.29, 1.82) is 0 Å². The predicted molar refractivity (Wildman–Crippen MR) is 74.7 cm³/mol. The van der Waals surface area contributed by atoms with E-state index >= 15 is 0 Å². The summed E-state index contributed by atoms with van der Waals surface area (Å²) in [5.41, 5.74) is 1.22. The van der Waals surface area contributed by atoms with Crippen LogP contribution in [-0.4, -0.2) is 15.9 Å². The molecule has 0 fully saturated rings. The lowest BCUT2D eigenvalue weighted by Gasteiger charge is -2.07. The Bertz CT molecular complexity index is 640. The number of hydrogen-bond acceptors (Lipinski definition) is 4. The Labute approximate surface area is 114 Å². The zero-order valence-electron chi connectivity index (χ0n) is 10.7. The van der Waals surface area contributed by atoms with E-state index in [2.05, 4.69) is 15.6 Å². The van der Waals surface area contributed by atoms with E-state index < -0.39 is 11.0 Å². The highest BCUT2D eigenvalue weighted by Crippen LogP contribution is 2.15. The van der Waals surface area contributed by atoms with Gasteiger partial charge in [-0.25, -0.2) is 9.78 Å². The van der Waals surface area contributed by atoms with Crippen molar-refractivity contribution in [2.24, 2.45) is 0 Å². The first kappa shape index (κ1) is 13.5. The quantitative estimate of drug-likeness (QED) is 0.663. The van der Waals surface area contributed by atoms with Gasteiger partial charge in [-0.05, 0) is 31.2 Å². The van der Waals surface area contributed by atoms with E-state index in [1.54, 1.807) is 12.1 Å². The van der Waals surface area contributed by atoms with Gasteiger partial charge in [-0.15, -0.1) is 0 Å². The SMILES string of the molecule is Cc1cccc(NC(=O)Nc2ccc([N+](=O)[O-])cc2)n1. The maximum Gasteiger partial charge on any atom is 0.324 e. The lowest BCUT2D eigenvalue weighted by molar-refractivity contribution is -0.384. The smallest absolute Gasteiger partial charge is 0.308 e. The maximum atomic E-state index is 11.7. The van der Waals surface area contributed by atoms with Crippen LogP contribution in [0.25, 0.3) is 0 Å². The summed E-state index contributed by atoms with van der Waals surface area (Å²) >= 11 is 0. The Hall–Kier alpha value is -2.96. The normalized spacial score (nSPS) is 9.85. The van der Waals surface area contributed by atoms with Crippen molar-refractivity contribution >= 4 is 23.2 Å². The van der Waals surface area contributed by atoms with Crippen LogP contribution in [0.5, 0.6) is 0 Å². The molecule has 20 heavy (non-hydrogen) atoms. The lowest BCUT2D eigenvalue weighted by Crippen LogP contribution is -2.20. The number of carbonyl (C=O) groups is 1. The number of urea groups is 1. The number of nitrogens with zero attached hydrogens (tertiary/aromatic N) is 2. The van der Waals surface area contributed by atoms with Gasteiger partial charge in [0.25, 0.3) is 5.69 Å². The van der Waals surface area contributed by atoms with Crippen LogP contribution in [-0.2, 0) is 0 Å². The standard InChI is InChI=1S/C13H12N4O3/c1-9-3-2-4-12(14-9)16-13(18)15-10-5-7-11(8-6-10)17(19)20/h2-8H,1H3,(H2,14,15,16,18). The second kappa shape index (κ2) is 5.79. The summed E-state index contributed by atoms with van der Waals surface area (Å²) in [6, 6.07) is 10.4. The van der Waals surface area contributed by atoms with Gasteiger partial charge >= 0.3 is 6.03 Å². The zero-order valence-corrected chi connectivity index (χ0v) is 10.7. The van der Waals surface area contributed by atoms with Crippen molar-refractivity contribution in [3.63, 3.8) is 0 Å². The number of aryl methyl sites for hydroxylation is 1. The molecule has 0 spiro atoms. The van der Waals surface area contributed by atoms with Crippen LogP contribution in [0.15, 0.2) is 42.5 Å². The van der Waals surface area contributed by atoms with Gasteiger partial charge in [0, 0.05) is 23.5 Å². The van der Waals surface area contributed by atoms with Crippen molar-refractivity contribution in [2.45, 2.75) is 6.92 Å². The fourth-order valence-electron chi connectivity index (χ4n) is 1.56. The van der Waals surface area contributed by atoms with Crippen LogP contribution in [0.3, 0.4) is 0 Å². The summed E-state index contributed by atoms with van der Waals surface area (Å²) in [5.74, 6) is 0.435. The number of benzene rings is 1. The fraction of sp³-hybridized carbons (Fsp3) is 0.0769. The number of nitro benzene ring substituents is 1. The van der Waals surface area contributed by atoms with Gasteiger partial charge in [-0.2, -0.15) is 0 Å². The average molecular weight is 272 g/mol. The van der Waals surface area contributed by atoms with Crippen LogP contribution in [0, 0.1) is 17.0 Å². The summed E-state index contributed by atoms with van der Waals surface area (Å²) in [4.78, 5) is 25.9. The molecule has 2 rings (SSSR count). The van der Waals surface area contributed by atoms with E-state index in [0.717, 1.165) is 5.69 Å². The number of pyridine rings is 1. The molecule has 0 saturated heterocycles. The number of carbonyl (C=O) groups excluding carboxylic acids is 1. The zero-order chi connectivity index (χ0) is 14.5. The highest BCUT2D eigenvalue weighted by atomic mass is 16.6. The molecule has 7 nitrogen and oxygen atoms in total. The van der Waals surface area contributed by atoms with Crippen molar-refractivity contribution in [3.05, 3.63) is 58.3 Å². The first-order valence-corrected chi connectivity index (χ1v) is 5.81. The maximum absolute atomic E-state index is 11.7. The number of hydrogen-bond donors (Lipinski definition) is 2. The van der Waals surface area contributed by atoms with E-state index in [4.69, 9.17) is 0 Å². The summed E-state index contributed by atoms with van der Waals surface area (Å²) in [5, 5.41) is 15.6. The molecule has 0 aliphatic carbocycles. The van der Waals surface area contributed by atoms with Gasteiger partial charge in [0.15, 0.2) is 0 Å². The van der Waals surface area contributed by atoms with Crippen LogP contribution < -0.4 is 10.6 Å². The Morgan fingerprint density at radius 3 is 2.45 bits per heavy atom. The van der Waals surface area contributed by atoms with Gasteiger partial charge < -0.3 is 5.32 Å². The van der Waals surface area contributed by atoms with Crippen molar-refractivity contribution < 1.29 is 9.72 Å². The minimum atomic E-state index is -0.499. The molecule has 2 amide bonds. The molecule has 0 radical (unpaired) electrons. The van der Waals surface area contributed by atoms with E-state index in [9.17, 15) is 14.9 Å². The summed E-state index contributed by atoms with van der Waals surface area (Å²) in [6.07, 6.45) is 0. The van der Waals surface area contributed by atoms with Gasteiger partial charge in [-0.3, -0.25) is 15.4 Å². The third kappa shape index (κ3) is 3.52. The molecule has 1 aromatic carbocycles. The number of rotatable bonds is 3. The molecule has 0 bridgehead atoms. The number of aromatic nitrogens is 1. The highest BCUT2D eigenvalue weighted by Gasteiger charge is 2.06. The number of amides is 2. The van der Waals surface area contributed by atoms with E-state index in [1.165, 1.54) is 24.3 Å².